The average molecular weight is 301 g/mol. The molecule has 2 aromatic heterocycles. The molecule has 2 rings (SSSR count). The summed E-state index contributed by atoms with van der Waals surface area (Å²) in [6.45, 7) is 4.72. The molecule has 0 radical (unpaired) electrons. The number of hydrogen-bond donors (Lipinski definition) is 1. The molecule has 0 bridgehead atoms. The van der Waals surface area contributed by atoms with Gasteiger partial charge in [0.2, 0.25) is 0 Å². The lowest BCUT2D eigenvalue weighted by Gasteiger charge is -2.11. The van der Waals surface area contributed by atoms with E-state index in [1.807, 2.05) is 36.0 Å². The lowest BCUT2D eigenvalue weighted by atomic mass is 10.2. The smallest absolute Gasteiger partial charge is 0.131 e. The van der Waals surface area contributed by atoms with Gasteiger partial charge < -0.3 is 5.11 Å². The molecule has 0 spiro atoms. The molecule has 0 aromatic carbocycles. The third-order valence-electron chi connectivity index (χ3n) is 2.41. The molecule has 3 nitrogen and oxygen atoms in total. The molecule has 16 heavy (non-hydrogen) atoms. The second-order valence-electron chi connectivity index (χ2n) is 3.56. The molecule has 0 amide bonds. The number of rotatable bonds is 3. The van der Waals surface area contributed by atoms with Gasteiger partial charge in [0.05, 0.1) is 16.3 Å². The molecule has 0 saturated carbocycles. The van der Waals surface area contributed by atoms with Crippen molar-refractivity contribution in [3.05, 3.63) is 38.3 Å². The minimum atomic E-state index is -0.601. The number of aromatic nitrogens is 2. The van der Waals surface area contributed by atoms with Crippen LogP contribution < -0.4 is 0 Å². The molecule has 5 heteroatoms. The number of thiophene rings is 1. The normalized spacial score (nSPS) is 13.0. The zero-order valence-corrected chi connectivity index (χ0v) is 11.5. The Morgan fingerprint density at radius 3 is 2.94 bits per heavy atom. The van der Waals surface area contributed by atoms with E-state index in [0.29, 0.717) is 0 Å². The predicted octanol–water partition coefficient (Wildman–Crippen LogP) is 3.12. The van der Waals surface area contributed by atoms with Crippen LogP contribution in [-0.4, -0.2) is 14.9 Å². The van der Waals surface area contributed by atoms with Crippen molar-refractivity contribution in [1.29, 1.82) is 0 Å². The maximum absolute atomic E-state index is 10.3. The Morgan fingerprint density at radius 2 is 2.38 bits per heavy atom. The summed E-state index contributed by atoms with van der Waals surface area (Å²) in [5.74, 6) is 0. The summed E-state index contributed by atoms with van der Waals surface area (Å²) in [5, 5.41) is 16.6. The van der Waals surface area contributed by atoms with Gasteiger partial charge in [0.15, 0.2) is 0 Å². The van der Waals surface area contributed by atoms with Gasteiger partial charge >= 0.3 is 0 Å². The van der Waals surface area contributed by atoms with Gasteiger partial charge in [-0.05, 0) is 47.3 Å². The SMILES string of the molecule is CCn1nc(C)cc1C(O)c1sccc1Br. The van der Waals surface area contributed by atoms with Crippen LogP contribution in [0.1, 0.15) is 29.3 Å². The van der Waals surface area contributed by atoms with Crippen molar-refractivity contribution in [2.45, 2.75) is 26.5 Å². The number of aliphatic hydroxyl groups is 1. The number of hydrogen-bond acceptors (Lipinski definition) is 3. The third kappa shape index (κ3) is 2.07. The first-order valence-electron chi connectivity index (χ1n) is 5.08. The van der Waals surface area contributed by atoms with Crippen LogP contribution in [0.3, 0.4) is 0 Å². The molecule has 2 aromatic rings. The van der Waals surface area contributed by atoms with Crippen LogP contribution in [0.5, 0.6) is 0 Å². The lowest BCUT2D eigenvalue weighted by molar-refractivity contribution is 0.211. The van der Waals surface area contributed by atoms with Crippen LogP contribution in [0, 0.1) is 6.92 Å². The molecule has 0 saturated heterocycles. The molecule has 0 aliphatic rings. The van der Waals surface area contributed by atoms with Gasteiger partial charge in [-0.25, -0.2) is 0 Å². The summed E-state index contributed by atoms with van der Waals surface area (Å²) < 4.78 is 2.79. The Balaban J connectivity index is 2.40. The first-order chi connectivity index (χ1) is 7.63. The molecule has 1 N–H and O–H groups in total. The predicted molar refractivity (Wildman–Crippen MR) is 68.7 cm³/mol. The van der Waals surface area contributed by atoms with E-state index in [2.05, 4.69) is 21.0 Å². The van der Waals surface area contributed by atoms with E-state index >= 15 is 0 Å². The van der Waals surface area contributed by atoms with E-state index in [-0.39, 0.29) is 0 Å². The monoisotopic (exact) mass is 300 g/mol. The van der Waals surface area contributed by atoms with Gasteiger partial charge in [0, 0.05) is 11.0 Å². The average Bonchev–Trinajstić information content (AvgIpc) is 2.83. The van der Waals surface area contributed by atoms with E-state index in [1.165, 1.54) is 0 Å². The first kappa shape index (κ1) is 11.8. The number of aliphatic hydroxyl groups excluding tert-OH is 1. The summed E-state index contributed by atoms with van der Waals surface area (Å²) in [4.78, 5) is 0.926. The highest BCUT2D eigenvalue weighted by Crippen LogP contribution is 2.33. The highest BCUT2D eigenvalue weighted by atomic mass is 79.9. The van der Waals surface area contributed by atoms with Crippen LogP contribution in [0.2, 0.25) is 0 Å². The van der Waals surface area contributed by atoms with Crippen molar-refractivity contribution < 1.29 is 5.11 Å². The highest BCUT2D eigenvalue weighted by Gasteiger charge is 2.19. The Labute approximate surface area is 107 Å². The molecule has 1 atom stereocenters. The van der Waals surface area contributed by atoms with Crippen molar-refractivity contribution in [3.63, 3.8) is 0 Å². The fourth-order valence-corrected chi connectivity index (χ4v) is 3.26. The molecule has 86 valence electrons. The van der Waals surface area contributed by atoms with E-state index < -0.39 is 6.10 Å². The fourth-order valence-electron chi connectivity index (χ4n) is 1.67. The maximum Gasteiger partial charge on any atom is 0.131 e. The third-order valence-corrected chi connectivity index (χ3v) is 4.33. The van der Waals surface area contributed by atoms with Crippen LogP contribution in [0.4, 0.5) is 0 Å². The Bertz CT molecular complexity index is 492. The fraction of sp³-hybridized carbons (Fsp3) is 0.364. The number of halogens is 1. The second kappa shape index (κ2) is 4.69. The van der Waals surface area contributed by atoms with Gasteiger partial charge in [-0.15, -0.1) is 11.3 Å². The maximum atomic E-state index is 10.3. The summed E-state index contributed by atoms with van der Waals surface area (Å²) in [5.41, 5.74) is 1.78. The first-order valence-corrected chi connectivity index (χ1v) is 6.76. The van der Waals surface area contributed by atoms with Crippen LogP contribution >= 0.6 is 27.3 Å². The van der Waals surface area contributed by atoms with Crippen LogP contribution in [0.25, 0.3) is 0 Å². The molecule has 0 aliphatic heterocycles. The van der Waals surface area contributed by atoms with Gasteiger partial charge in [-0.2, -0.15) is 5.10 Å². The number of nitrogens with zero attached hydrogens (tertiary/aromatic N) is 2. The van der Waals surface area contributed by atoms with Crippen LogP contribution in [-0.2, 0) is 6.54 Å². The van der Waals surface area contributed by atoms with Crippen molar-refractivity contribution in [1.82, 2.24) is 9.78 Å². The highest BCUT2D eigenvalue weighted by molar-refractivity contribution is 9.10. The molecule has 1 unspecified atom stereocenters. The Kier molecular flexibility index (Phi) is 3.47. The van der Waals surface area contributed by atoms with Crippen molar-refractivity contribution in [2.24, 2.45) is 0 Å². The number of aryl methyl sites for hydroxylation is 2. The second-order valence-corrected chi connectivity index (χ2v) is 5.36. The quantitative estimate of drug-likeness (QED) is 0.946. The zero-order chi connectivity index (χ0) is 11.7. The van der Waals surface area contributed by atoms with Gasteiger partial charge in [-0.1, -0.05) is 0 Å². The molecule has 2 heterocycles. The van der Waals surface area contributed by atoms with Crippen molar-refractivity contribution >= 4 is 27.3 Å². The topological polar surface area (TPSA) is 38.0 Å². The Hall–Kier alpha value is -0.650. The standard InChI is InChI=1S/C11H13BrN2OS/c1-3-14-9(6-7(2)13-14)10(15)11-8(12)4-5-16-11/h4-6,10,15H,3H2,1-2H3. The van der Waals surface area contributed by atoms with E-state index in [0.717, 1.165) is 27.3 Å². The van der Waals surface area contributed by atoms with Gasteiger partial charge in [0.25, 0.3) is 0 Å². The van der Waals surface area contributed by atoms with E-state index in [4.69, 9.17) is 0 Å². The summed E-state index contributed by atoms with van der Waals surface area (Å²) in [7, 11) is 0. The molecular weight excluding hydrogens is 288 g/mol. The summed E-state index contributed by atoms with van der Waals surface area (Å²) >= 11 is 4.98. The van der Waals surface area contributed by atoms with Crippen molar-refractivity contribution in [3.8, 4) is 0 Å². The summed E-state index contributed by atoms with van der Waals surface area (Å²) in [6.07, 6.45) is -0.601. The largest absolute Gasteiger partial charge is 0.381 e. The van der Waals surface area contributed by atoms with Gasteiger partial charge in [0.1, 0.15) is 6.10 Å². The summed E-state index contributed by atoms with van der Waals surface area (Å²) in [6, 6.07) is 3.88. The molecular formula is C11H13BrN2OS. The Morgan fingerprint density at radius 1 is 1.62 bits per heavy atom. The van der Waals surface area contributed by atoms with E-state index in [1.54, 1.807) is 11.3 Å². The molecule has 0 fully saturated rings. The lowest BCUT2D eigenvalue weighted by Crippen LogP contribution is -2.08. The minimum absolute atomic E-state index is 0.601. The van der Waals surface area contributed by atoms with Crippen molar-refractivity contribution in [2.75, 3.05) is 0 Å². The van der Waals surface area contributed by atoms with E-state index in [9.17, 15) is 5.11 Å². The molecule has 0 aliphatic carbocycles. The zero-order valence-electron chi connectivity index (χ0n) is 9.14. The van der Waals surface area contributed by atoms with Gasteiger partial charge in [-0.3, -0.25) is 4.68 Å². The van der Waals surface area contributed by atoms with Crippen LogP contribution in [0.15, 0.2) is 22.0 Å². The minimum Gasteiger partial charge on any atom is -0.381 e.